The van der Waals surface area contributed by atoms with Gasteiger partial charge in [-0.2, -0.15) is 0 Å². The molecule has 76 valence electrons. The third-order valence-electron chi connectivity index (χ3n) is 1.69. The van der Waals surface area contributed by atoms with Crippen LogP contribution in [0, 0.1) is 6.92 Å². The number of thioether (sulfide) groups is 1. The van der Waals surface area contributed by atoms with E-state index in [1.165, 1.54) is 11.8 Å². The molecule has 1 N–H and O–H groups in total. The van der Waals surface area contributed by atoms with E-state index in [1.807, 2.05) is 13.0 Å². The molecule has 1 rings (SSSR count). The molecule has 0 aliphatic carbocycles. The molecule has 1 atom stereocenters. The number of halogens is 1. The second kappa shape index (κ2) is 4.79. The summed E-state index contributed by atoms with van der Waals surface area (Å²) < 4.78 is 0.873. The number of aryl methyl sites for hydroxylation is 1. The molecule has 0 aromatic carbocycles. The highest BCUT2D eigenvalue weighted by atomic mass is 79.9. The SMILES string of the molecule is Cc1ccnc(SC(C)C(=O)O)c1Br. The number of carboxylic acid groups (broad SMARTS) is 1. The zero-order valence-electron chi connectivity index (χ0n) is 7.82. The molecule has 0 radical (unpaired) electrons. The quantitative estimate of drug-likeness (QED) is 0.862. The molecule has 0 bridgehead atoms. The van der Waals surface area contributed by atoms with E-state index in [0.717, 1.165) is 15.1 Å². The lowest BCUT2D eigenvalue weighted by molar-refractivity contribution is -0.136. The van der Waals surface area contributed by atoms with Gasteiger partial charge in [-0.05, 0) is 41.4 Å². The molecular weight excluding hydrogens is 266 g/mol. The van der Waals surface area contributed by atoms with Crippen LogP contribution in [0.2, 0.25) is 0 Å². The Bertz CT molecular complexity index is 357. The molecule has 0 aliphatic heterocycles. The van der Waals surface area contributed by atoms with Crippen molar-refractivity contribution in [2.75, 3.05) is 0 Å². The fourth-order valence-electron chi connectivity index (χ4n) is 0.815. The maximum atomic E-state index is 10.6. The summed E-state index contributed by atoms with van der Waals surface area (Å²) in [6.07, 6.45) is 1.68. The lowest BCUT2D eigenvalue weighted by Crippen LogP contribution is -2.11. The van der Waals surface area contributed by atoms with Gasteiger partial charge < -0.3 is 5.11 Å². The number of aromatic nitrogens is 1. The van der Waals surface area contributed by atoms with E-state index in [0.29, 0.717) is 0 Å². The summed E-state index contributed by atoms with van der Waals surface area (Å²) in [6.45, 7) is 3.59. The standard InChI is InChI=1S/C9H10BrNO2S/c1-5-3-4-11-8(7(5)10)14-6(2)9(12)13/h3-4,6H,1-2H3,(H,12,13). The van der Waals surface area contributed by atoms with Crippen LogP contribution in [0.25, 0.3) is 0 Å². The van der Waals surface area contributed by atoms with Crippen molar-refractivity contribution >= 4 is 33.7 Å². The van der Waals surface area contributed by atoms with Crippen molar-refractivity contribution < 1.29 is 9.90 Å². The van der Waals surface area contributed by atoms with Crippen LogP contribution in [0.5, 0.6) is 0 Å². The van der Waals surface area contributed by atoms with Crippen LogP contribution in [-0.4, -0.2) is 21.3 Å². The number of aliphatic carboxylic acids is 1. The van der Waals surface area contributed by atoms with Crippen LogP contribution >= 0.6 is 27.7 Å². The Labute approximate surface area is 95.1 Å². The van der Waals surface area contributed by atoms with E-state index in [9.17, 15) is 4.79 Å². The maximum Gasteiger partial charge on any atom is 0.316 e. The number of hydrogen-bond acceptors (Lipinski definition) is 3. The van der Waals surface area contributed by atoms with Gasteiger partial charge in [0.15, 0.2) is 0 Å². The molecule has 1 aromatic heterocycles. The maximum absolute atomic E-state index is 10.6. The number of hydrogen-bond donors (Lipinski definition) is 1. The van der Waals surface area contributed by atoms with Gasteiger partial charge in [0.05, 0.1) is 4.47 Å². The molecule has 1 heterocycles. The van der Waals surface area contributed by atoms with E-state index in [4.69, 9.17) is 5.11 Å². The Kier molecular flexibility index (Phi) is 3.95. The summed E-state index contributed by atoms with van der Waals surface area (Å²) >= 11 is 4.62. The van der Waals surface area contributed by atoms with Gasteiger partial charge in [-0.1, -0.05) is 11.8 Å². The molecule has 1 unspecified atom stereocenters. The van der Waals surface area contributed by atoms with Crippen LogP contribution in [0.15, 0.2) is 21.8 Å². The average Bonchev–Trinajstić information content (AvgIpc) is 2.12. The summed E-state index contributed by atoms with van der Waals surface area (Å²) in [7, 11) is 0. The van der Waals surface area contributed by atoms with E-state index < -0.39 is 11.2 Å². The first-order chi connectivity index (χ1) is 6.52. The summed E-state index contributed by atoms with van der Waals surface area (Å²) in [6, 6.07) is 1.87. The fourth-order valence-corrected chi connectivity index (χ4v) is 2.15. The van der Waals surface area contributed by atoms with Crippen LogP contribution in [0.4, 0.5) is 0 Å². The molecular formula is C9H10BrNO2S. The van der Waals surface area contributed by atoms with Crippen molar-refractivity contribution in [3.05, 3.63) is 22.3 Å². The van der Waals surface area contributed by atoms with E-state index in [-0.39, 0.29) is 0 Å². The minimum absolute atomic E-state index is 0.486. The third kappa shape index (κ3) is 2.72. The summed E-state index contributed by atoms with van der Waals surface area (Å²) in [5, 5.41) is 8.98. The highest BCUT2D eigenvalue weighted by Crippen LogP contribution is 2.30. The van der Waals surface area contributed by atoms with Gasteiger partial charge in [0.25, 0.3) is 0 Å². The molecule has 0 fully saturated rings. The highest BCUT2D eigenvalue weighted by Gasteiger charge is 2.15. The fraction of sp³-hybridized carbons (Fsp3) is 0.333. The van der Waals surface area contributed by atoms with Gasteiger partial charge in [-0.15, -0.1) is 0 Å². The van der Waals surface area contributed by atoms with Gasteiger partial charge in [-0.3, -0.25) is 4.79 Å². The van der Waals surface area contributed by atoms with Gasteiger partial charge in [0, 0.05) is 6.20 Å². The third-order valence-corrected chi connectivity index (χ3v) is 4.04. The second-order valence-electron chi connectivity index (χ2n) is 2.85. The zero-order valence-corrected chi connectivity index (χ0v) is 10.2. The predicted octanol–water partition coefficient (Wildman–Crippen LogP) is 2.72. The van der Waals surface area contributed by atoms with Gasteiger partial charge in [-0.25, -0.2) is 4.98 Å². The molecule has 0 saturated heterocycles. The second-order valence-corrected chi connectivity index (χ2v) is 4.97. The van der Waals surface area contributed by atoms with E-state index in [2.05, 4.69) is 20.9 Å². The number of rotatable bonds is 3. The Hall–Kier alpha value is -0.550. The first-order valence-electron chi connectivity index (χ1n) is 4.03. The minimum Gasteiger partial charge on any atom is -0.480 e. The topological polar surface area (TPSA) is 50.2 Å². The van der Waals surface area contributed by atoms with Crippen LogP contribution in [-0.2, 0) is 4.79 Å². The summed E-state index contributed by atoms with van der Waals surface area (Å²) in [5.74, 6) is -0.829. The molecule has 0 saturated carbocycles. The van der Waals surface area contributed by atoms with Crippen molar-refractivity contribution in [2.45, 2.75) is 24.1 Å². The number of carbonyl (C=O) groups is 1. The largest absolute Gasteiger partial charge is 0.480 e. The first kappa shape index (κ1) is 11.5. The molecule has 0 aliphatic rings. The van der Waals surface area contributed by atoms with Crippen LogP contribution in [0.1, 0.15) is 12.5 Å². The van der Waals surface area contributed by atoms with Crippen molar-refractivity contribution in [1.29, 1.82) is 0 Å². The van der Waals surface area contributed by atoms with Crippen molar-refractivity contribution in [3.8, 4) is 0 Å². The lowest BCUT2D eigenvalue weighted by atomic mass is 10.3. The normalized spacial score (nSPS) is 12.5. The number of carboxylic acids is 1. The van der Waals surface area contributed by atoms with Gasteiger partial charge in [0.1, 0.15) is 10.3 Å². The molecule has 14 heavy (non-hydrogen) atoms. The Morgan fingerprint density at radius 2 is 2.36 bits per heavy atom. The van der Waals surface area contributed by atoms with E-state index in [1.54, 1.807) is 13.1 Å². The smallest absolute Gasteiger partial charge is 0.316 e. The molecule has 5 heteroatoms. The molecule has 3 nitrogen and oxygen atoms in total. The highest BCUT2D eigenvalue weighted by molar-refractivity contribution is 9.10. The Morgan fingerprint density at radius 1 is 1.71 bits per heavy atom. The molecule has 0 spiro atoms. The summed E-state index contributed by atoms with van der Waals surface area (Å²) in [5.41, 5.74) is 1.06. The lowest BCUT2D eigenvalue weighted by Gasteiger charge is -2.07. The predicted molar refractivity (Wildman–Crippen MR) is 59.6 cm³/mol. The van der Waals surface area contributed by atoms with Crippen LogP contribution < -0.4 is 0 Å². The molecule has 1 aromatic rings. The average molecular weight is 276 g/mol. The number of pyridine rings is 1. The molecule has 0 amide bonds. The summed E-state index contributed by atoms with van der Waals surface area (Å²) in [4.78, 5) is 14.8. The Balaban J connectivity index is 2.87. The van der Waals surface area contributed by atoms with Gasteiger partial charge >= 0.3 is 5.97 Å². The van der Waals surface area contributed by atoms with Crippen LogP contribution in [0.3, 0.4) is 0 Å². The first-order valence-corrected chi connectivity index (χ1v) is 5.70. The zero-order chi connectivity index (χ0) is 10.7. The number of nitrogens with zero attached hydrogens (tertiary/aromatic N) is 1. The monoisotopic (exact) mass is 275 g/mol. The minimum atomic E-state index is -0.829. The van der Waals surface area contributed by atoms with Gasteiger partial charge in [0.2, 0.25) is 0 Å². The van der Waals surface area contributed by atoms with E-state index >= 15 is 0 Å². The Morgan fingerprint density at radius 3 is 2.93 bits per heavy atom. The van der Waals surface area contributed by atoms with Crippen molar-refractivity contribution in [3.63, 3.8) is 0 Å². The van der Waals surface area contributed by atoms with Crippen molar-refractivity contribution in [1.82, 2.24) is 4.98 Å². The van der Waals surface area contributed by atoms with Crippen molar-refractivity contribution in [2.24, 2.45) is 0 Å².